The summed E-state index contributed by atoms with van der Waals surface area (Å²) < 4.78 is 1.22. The zero-order valence-electron chi connectivity index (χ0n) is 10.7. The Labute approximate surface area is 111 Å². The van der Waals surface area contributed by atoms with Crippen LogP contribution in [0.25, 0.3) is 0 Å². The fraction of sp³-hybridized carbons (Fsp3) is 0.571. The average molecular weight is 286 g/mol. The van der Waals surface area contributed by atoms with E-state index in [0.29, 0.717) is 0 Å². The molecule has 0 saturated carbocycles. The van der Waals surface area contributed by atoms with Gasteiger partial charge in [-0.05, 0) is 20.3 Å². The van der Waals surface area contributed by atoms with Crippen LogP contribution in [0.3, 0.4) is 0 Å². The maximum Gasteiger partial charge on any atom is 0.104 e. The molecule has 0 heterocycles. The standard InChI is InChI=1S/C14H24N.BrH/c1-4-12-15(5-2,6-3)13-14-10-8-7-9-11-14;/h7-11H,4-6,12-13H2,1-3H3;1H/q+1;/p-1. The first-order chi connectivity index (χ1) is 7.26. The number of benzene rings is 1. The normalized spacial score (nSPS) is 10.9. The highest BCUT2D eigenvalue weighted by atomic mass is 79.9. The van der Waals surface area contributed by atoms with Crippen molar-refractivity contribution < 1.29 is 21.5 Å². The minimum Gasteiger partial charge on any atom is -1.00 e. The molecule has 1 aromatic carbocycles. The average Bonchev–Trinajstić information content (AvgIpc) is 2.30. The highest BCUT2D eigenvalue weighted by molar-refractivity contribution is 5.13. The molecule has 1 aromatic rings. The molecule has 0 fully saturated rings. The fourth-order valence-electron chi connectivity index (χ4n) is 2.29. The molecule has 0 unspecified atom stereocenters. The summed E-state index contributed by atoms with van der Waals surface area (Å²) in [6, 6.07) is 10.9. The molecule has 92 valence electrons. The van der Waals surface area contributed by atoms with Gasteiger partial charge in [0.1, 0.15) is 6.54 Å². The van der Waals surface area contributed by atoms with Gasteiger partial charge in [0.05, 0.1) is 19.6 Å². The van der Waals surface area contributed by atoms with Gasteiger partial charge in [-0.1, -0.05) is 37.3 Å². The smallest absolute Gasteiger partial charge is 0.104 e. The van der Waals surface area contributed by atoms with Gasteiger partial charge in [0.15, 0.2) is 0 Å². The summed E-state index contributed by atoms with van der Waals surface area (Å²) in [7, 11) is 0. The van der Waals surface area contributed by atoms with Gasteiger partial charge in [0.25, 0.3) is 0 Å². The van der Waals surface area contributed by atoms with E-state index in [1.54, 1.807) is 0 Å². The Bertz CT molecular complexity index is 267. The van der Waals surface area contributed by atoms with Gasteiger partial charge in [-0.15, -0.1) is 0 Å². The summed E-state index contributed by atoms with van der Waals surface area (Å²) in [5.41, 5.74) is 1.47. The molecule has 0 aliphatic carbocycles. The summed E-state index contributed by atoms with van der Waals surface area (Å²) in [6.07, 6.45) is 1.27. The molecule has 1 rings (SSSR count). The van der Waals surface area contributed by atoms with Crippen LogP contribution < -0.4 is 17.0 Å². The third-order valence-electron chi connectivity index (χ3n) is 3.40. The van der Waals surface area contributed by atoms with E-state index in [1.807, 2.05) is 0 Å². The predicted octanol–water partition coefficient (Wildman–Crippen LogP) is 0.457. The van der Waals surface area contributed by atoms with Crippen LogP contribution in [0, 0.1) is 0 Å². The Balaban J connectivity index is 0.00000225. The van der Waals surface area contributed by atoms with Crippen LogP contribution in [0.4, 0.5) is 0 Å². The van der Waals surface area contributed by atoms with Crippen molar-refractivity contribution >= 4 is 0 Å². The summed E-state index contributed by atoms with van der Waals surface area (Å²) in [6.45, 7) is 11.8. The summed E-state index contributed by atoms with van der Waals surface area (Å²) in [5.74, 6) is 0. The first-order valence-corrected chi connectivity index (χ1v) is 6.15. The van der Waals surface area contributed by atoms with E-state index < -0.39 is 0 Å². The van der Waals surface area contributed by atoms with Gasteiger partial charge in [-0.3, -0.25) is 0 Å². The molecule has 2 heteroatoms. The Morgan fingerprint density at radius 1 is 0.938 bits per heavy atom. The van der Waals surface area contributed by atoms with E-state index in [9.17, 15) is 0 Å². The number of rotatable bonds is 6. The number of quaternary nitrogens is 1. The number of nitrogens with zero attached hydrogens (tertiary/aromatic N) is 1. The predicted molar refractivity (Wildman–Crippen MR) is 66.6 cm³/mol. The second-order valence-corrected chi connectivity index (χ2v) is 4.34. The molecule has 0 saturated heterocycles. The SMILES string of the molecule is CCC[N+](CC)(CC)Cc1ccccc1.[Br-]. The van der Waals surface area contributed by atoms with Gasteiger partial charge < -0.3 is 21.5 Å². The molecular weight excluding hydrogens is 262 g/mol. The zero-order chi connectivity index (χ0) is 11.1. The molecule has 0 aliphatic heterocycles. The molecule has 0 aliphatic rings. The van der Waals surface area contributed by atoms with Crippen molar-refractivity contribution in [1.82, 2.24) is 0 Å². The van der Waals surface area contributed by atoms with Gasteiger partial charge >= 0.3 is 0 Å². The Morgan fingerprint density at radius 3 is 1.94 bits per heavy atom. The van der Waals surface area contributed by atoms with Gasteiger partial charge in [0, 0.05) is 5.56 Å². The molecule has 0 aromatic heterocycles. The molecule has 0 atom stereocenters. The topological polar surface area (TPSA) is 0 Å². The summed E-state index contributed by atoms with van der Waals surface area (Å²) in [5, 5.41) is 0. The molecule has 0 spiro atoms. The number of hydrogen-bond donors (Lipinski definition) is 0. The van der Waals surface area contributed by atoms with Crippen LogP contribution in [0.1, 0.15) is 32.8 Å². The van der Waals surface area contributed by atoms with Crippen LogP contribution in [0.5, 0.6) is 0 Å². The Morgan fingerprint density at radius 2 is 1.50 bits per heavy atom. The molecule has 0 N–H and O–H groups in total. The van der Waals surface area contributed by atoms with Gasteiger partial charge in [0.2, 0.25) is 0 Å². The van der Waals surface area contributed by atoms with Crippen molar-refractivity contribution in [2.45, 2.75) is 33.7 Å². The number of halogens is 1. The van der Waals surface area contributed by atoms with Crippen LogP contribution >= 0.6 is 0 Å². The first kappa shape index (κ1) is 15.7. The lowest BCUT2D eigenvalue weighted by molar-refractivity contribution is -0.937. The molecular formula is C14H24BrN. The lowest BCUT2D eigenvalue weighted by Gasteiger charge is -2.36. The second-order valence-electron chi connectivity index (χ2n) is 4.34. The Kier molecular flexibility index (Phi) is 7.69. The van der Waals surface area contributed by atoms with Crippen LogP contribution in [0.2, 0.25) is 0 Å². The summed E-state index contributed by atoms with van der Waals surface area (Å²) >= 11 is 0. The molecule has 16 heavy (non-hydrogen) atoms. The molecule has 1 nitrogen and oxygen atoms in total. The van der Waals surface area contributed by atoms with E-state index >= 15 is 0 Å². The maximum atomic E-state index is 2.31. The molecule has 0 radical (unpaired) electrons. The van der Waals surface area contributed by atoms with E-state index in [4.69, 9.17) is 0 Å². The van der Waals surface area contributed by atoms with E-state index in [1.165, 1.54) is 42.6 Å². The summed E-state index contributed by atoms with van der Waals surface area (Å²) in [4.78, 5) is 0. The lowest BCUT2D eigenvalue weighted by atomic mass is 10.1. The van der Waals surface area contributed by atoms with Crippen molar-refractivity contribution in [3.05, 3.63) is 35.9 Å². The molecule has 0 bridgehead atoms. The van der Waals surface area contributed by atoms with Gasteiger partial charge in [-0.25, -0.2) is 0 Å². The van der Waals surface area contributed by atoms with Crippen LogP contribution in [0.15, 0.2) is 30.3 Å². The third kappa shape index (κ3) is 4.26. The van der Waals surface area contributed by atoms with Crippen molar-refractivity contribution in [1.29, 1.82) is 0 Å². The van der Waals surface area contributed by atoms with E-state index in [2.05, 4.69) is 51.1 Å². The van der Waals surface area contributed by atoms with Crippen molar-refractivity contribution in [2.24, 2.45) is 0 Å². The van der Waals surface area contributed by atoms with Crippen molar-refractivity contribution in [3.63, 3.8) is 0 Å². The number of hydrogen-bond acceptors (Lipinski definition) is 0. The van der Waals surface area contributed by atoms with Crippen molar-refractivity contribution in [3.8, 4) is 0 Å². The zero-order valence-corrected chi connectivity index (χ0v) is 12.3. The monoisotopic (exact) mass is 285 g/mol. The highest BCUT2D eigenvalue weighted by Gasteiger charge is 2.21. The Hall–Kier alpha value is -0.340. The molecule has 0 amide bonds. The fourth-order valence-corrected chi connectivity index (χ4v) is 2.29. The van der Waals surface area contributed by atoms with E-state index in [0.717, 1.165) is 0 Å². The first-order valence-electron chi connectivity index (χ1n) is 6.15. The van der Waals surface area contributed by atoms with Crippen LogP contribution in [-0.2, 0) is 6.54 Å². The quantitative estimate of drug-likeness (QED) is 0.667. The minimum absolute atomic E-state index is 0. The van der Waals surface area contributed by atoms with E-state index in [-0.39, 0.29) is 17.0 Å². The maximum absolute atomic E-state index is 2.31. The van der Waals surface area contributed by atoms with Crippen LogP contribution in [-0.4, -0.2) is 24.1 Å². The third-order valence-corrected chi connectivity index (χ3v) is 3.40. The largest absolute Gasteiger partial charge is 1.00 e. The lowest BCUT2D eigenvalue weighted by Crippen LogP contribution is -3.00. The van der Waals surface area contributed by atoms with Gasteiger partial charge in [-0.2, -0.15) is 0 Å². The highest BCUT2D eigenvalue weighted by Crippen LogP contribution is 2.14. The minimum atomic E-state index is 0. The van der Waals surface area contributed by atoms with Crippen molar-refractivity contribution in [2.75, 3.05) is 19.6 Å². The second kappa shape index (κ2) is 7.86.